The van der Waals surface area contributed by atoms with Gasteiger partial charge in [0.1, 0.15) is 0 Å². The van der Waals surface area contributed by atoms with Crippen molar-refractivity contribution in [2.24, 2.45) is 0 Å². The van der Waals surface area contributed by atoms with Crippen LogP contribution in [0.2, 0.25) is 0 Å². The molecule has 0 amide bonds. The van der Waals surface area contributed by atoms with E-state index in [2.05, 4.69) is 26.0 Å². The van der Waals surface area contributed by atoms with Crippen molar-refractivity contribution in [2.75, 3.05) is 0 Å². The smallest absolute Gasteiger partial charge is 0.0351 e. The Labute approximate surface area is 97.2 Å². The molecule has 0 aliphatic rings. The Morgan fingerprint density at radius 2 is 1.27 bits per heavy atom. The number of allylic oxidation sites excluding steroid dienone is 2. The van der Waals surface area contributed by atoms with Crippen LogP contribution in [0.1, 0.15) is 77.6 Å². The molecule has 0 spiro atoms. The minimum absolute atomic E-state index is 1.11. The van der Waals surface area contributed by atoms with Crippen LogP contribution in [0, 0.1) is 6.92 Å². The highest BCUT2D eigenvalue weighted by atomic mass is 14.0. The molecule has 0 nitrogen and oxygen atoms in total. The van der Waals surface area contributed by atoms with Crippen LogP contribution in [0.4, 0.5) is 0 Å². The summed E-state index contributed by atoms with van der Waals surface area (Å²) in [6.45, 7) is 6.06. The molecule has 0 aromatic heterocycles. The van der Waals surface area contributed by atoms with Gasteiger partial charge in [-0.3, -0.25) is 0 Å². The molecular weight excluding hydrogens is 180 g/mol. The summed E-state index contributed by atoms with van der Waals surface area (Å²) >= 11 is 0. The van der Waals surface area contributed by atoms with E-state index in [9.17, 15) is 0 Å². The zero-order valence-electron chi connectivity index (χ0n) is 10.6. The van der Waals surface area contributed by atoms with Crippen molar-refractivity contribution in [1.29, 1.82) is 0 Å². The molecule has 0 heteroatoms. The fourth-order valence-electron chi connectivity index (χ4n) is 1.78. The van der Waals surface area contributed by atoms with E-state index in [1.54, 1.807) is 0 Å². The largest absolute Gasteiger partial charge is 0.0888 e. The first kappa shape index (κ1) is 14.7. The van der Waals surface area contributed by atoms with Gasteiger partial charge in [-0.2, -0.15) is 0 Å². The van der Waals surface area contributed by atoms with Gasteiger partial charge in [0.25, 0.3) is 0 Å². The van der Waals surface area contributed by atoms with Crippen LogP contribution in [0.3, 0.4) is 0 Å². The lowest BCUT2D eigenvalue weighted by Gasteiger charge is -2.00. The summed E-state index contributed by atoms with van der Waals surface area (Å²) < 4.78 is 0. The van der Waals surface area contributed by atoms with Crippen LogP contribution in [-0.2, 0) is 0 Å². The molecule has 0 fully saturated rings. The van der Waals surface area contributed by atoms with Crippen LogP contribution in [0.15, 0.2) is 12.2 Å². The van der Waals surface area contributed by atoms with E-state index in [0.717, 1.165) is 6.42 Å². The van der Waals surface area contributed by atoms with E-state index < -0.39 is 0 Å². The molecule has 0 heterocycles. The van der Waals surface area contributed by atoms with Crippen LogP contribution < -0.4 is 0 Å². The van der Waals surface area contributed by atoms with Crippen molar-refractivity contribution in [3.63, 3.8) is 0 Å². The first-order chi connectivity index (χ1) is 7.41. The summed E-state index contributed by atoms with van der Waals surface area (Å²) in [4.78, 5) is 0. The van der Waals surface area contributed by atoms with Gasteiger partial charge in [0.2, 0.25) is 0 Å². The van der Waals surface area contributed by atoms with E-state index in [1.165, 1.54) is 64.2 Å². The molecule has 0 aliphatic heterocycles. The highest BCUT2D eigenvalue weighted by Crippen LogP contribution is 2.10. The van der Waals surface area contributed by atoms with E-state index in [-0.39, 0.29) is 0 Å². The second-order valence-electron chi connectivity index (χ2n) is 4.35. The van der Waals surface area contributed by atoms with Gasteiger partial charge in [-0.1, -0.05) is 77.4 Å². The van der Waals surface area contributed by atoms with Crippen LogP contribution in [-0.4, -0.2) is 0 Å². The molecule has 0 aromatic carbocycles. The van der Waals surface area contributed by atoms with Gasteiger partial charge >= 0.3 is 0 Å². The number of hydrogen-bond donors (Lipinski definition) is 0. The Kier molecular flexibility index (Phi) is 13.5. The molecular formula is C15H29. The lowest BCUT2D eigenvalue weighted by Crippen LogP contribution is -1.80. The molecule has 0 atom stereocenters. The summed E-state index contributed by atoms with van der Waals surface area (Å²) in [5.41, 5.74) is 0. The van der Waals surface area contributed by atoms with Crippen LogP contribution in [0.5, 0.6) is 0 Å². The van der Waals surface area contributed by atoms with Gasteiger partial charge in [-0.25, -0.2) is 0 Å². The van der Waals surface area contributed by atoms with E-state index >= 15 is 0 Å². The third kappa shape index (κ3) is 13.7. The summed E-state index contributed by atoms with van der Waals surface area (Å²) in [6.07, 6.45) is 19.4. The van der Waals surface area contributed by atoms with Crippen LogP contribution >= 0.6 is 0 Å². The highest BCUT2D eigenvalue weighted by Gasteiger charge is 1.90. The molecule has 15 heavy (non-hydrogen) atoms. The average Bonchev–Trinajstić information content (AvgIpc) is 2.26. The third-order valence-electron chi connectivity index (χ3n) is 2.77. The first-order valence-corrected chi connectivity index (χ1v) is 6.86. The maximum absolute atomic E-state index is 3.86. The zero-order valence-corrected chi connectivity index (χ0v) is 10.6. The van der Waals surface area contributed by atoms with Gasteiger partial charge in [0.15, 0.2) is 0 Å². The standard InChI is InChI=1S/C15H29/c1-3-5-7-9-11-13-15-14-12-10-8-6-4-2/h6,8H,1,3-5,7,9-15H2,2H3. The number of hydrogen-bond acceptors (Lipinski definition) is 0. The summed E-state index contributed by atoms with van der Waals surface area (Å²) in [5.74, 6) is 0. The van der Waals surface area contributed by atoms with Gasteiger partial charge < -0.3 is 0 Å². The molecule has 0 aromatic rings. The molecule has 0 N–H and O–H groups in total. The Balaban J connectivity index is 2.89. The number of rotatable bonds is 11. The molecule has 0 rings (SSSR count). The van der Waals surface area contributed by atoms with Gasteiger partial charge in [-0.05, 0) is 19.3 Å². The Bertz CT molecular complexity index is 124. The van der Waals surface area contributed by atoms with Crippen molar-refractivity contribution >= 4 is 0 Å². The van der Waals surface area contributed by atoms with Crippen LogP contribution in [0.25, 0.3) is 0 Å². The summed E-state index contributed by atoms with van der Waals surface area (Å²) in [6, 6.07) is 0. The molecule has 0 bridgehead atoms. The van der Waals surface area contributed by atoms with Crippen molar-refractivity contribution in [1.82, 2.24) is 0 Å². The molecule has 89 valence electrons. The fraction of sp³-hybridized carbons (Fsp3) is 0.800. The molecule has 1 radical (unpaired) electrons. The van der Waals surface area contributed by atoms with Gasteiger partial charge in [0, 0.05) is 0 Å². The van der Waals surface area contributed by atoms with E-state index in [4.69, 9.17) is 0 Å². The Morgan fingerprint density at radius 1 is 0.733 bits per heavy atom. The second-order valence-corrected chi connectivity index (χ2v) is 4.35. The predicted octanol–water partition coefficient (Wildman–Crippen LogP) is 5.69. The number of unbranched alkanes of at least 4 members (excludes halogenated alkanes) is 9. The Morgan fingerprint density at radius 3 is 1.80 bits per heavy atom. The fourth-order valence-corrected chi connectivity index (χ4v) is 1.78. The topological polar surface area (TPSA) is 0 Å². The van der Waals surface area contributed by atoms with Crippen molar-refractivity contribution in [2.45, 2.75) is 77.6 Å². The average molecular weight is 209 g/mol. The molecule has 0 saturated carbocycles. The lowest BCUT2D eigenvalue weighted by atomic mass is 10.1. The maximum atomic E-state index is 3.86. The Hall–Kier alpha value is -0.260. The van der Waals surface area contributed by atoms with E-state index in [0.29, 0.717) is 0 Å². The van der Waals surface area contributed by atoms with Gasteiger partial charge in [0.05, 0.1) is 0 Å². The molecule has 0 saturated heterocycles. The third-order valence-corrected chi connectivity index (χ3v) is 2.77. The maximum Gasteiger partial charge on any atom is -0.0351 e. The second kappa shape index (κ2) is 13.7. The molecule has 0 unspecified atom stereocenters. The minimum atomic E-state index is 1.11. The monoisotopic (exact) mass is 209 g/mol. The first-order valence-electron chi connectivity index (χ1n) is 6.86. The normalized spacial score (nSPS) is 11.3. The molecule has 0 aliphatic carbocycles. The highest BCUT2D eigenvalue weighted by molar-refractivity contribution is 4.79. The van der Waals surface area contributed by atoms with E-state index in [1.807, 2.05) is 0 Å². The van der Waals surface area contributed by atoms with Crippen molar-refractivity contribution in [3.8, 4) is 0 Å². The quantitative estimate of drug-likeness (QED) is 0.303. The predicted molar refractivity (Wildman–Crippen MR) is 71.0 cm³/mol. The SMILES string of the molecule is [CH2]CCCCCCCCCCC=CCC. The van der Waals surface area contributed by atoms with Gasteiger partial charge in [-0.15, -0.1) is 0 Å². The zero-order chi connectivity index (χ0) is 11.2. The summed E-state index contributed by atoms with van der Waals surface area (Å²) in [7, 11) is 0. The summed E-state index contributed by atoms with van der Waals surface area (Å²) in [5, 5.41) is 0. The van der Waals surface area contributed by atoms with Crippen molar-refractivity contribution < 1.29 is 0 Å². The minimum Gasteiger partial charge on any atom is -0.0888 e. The lowest BCUT2D eigenvalue weighted by molar-refractivity contribution is 0.571. The van der Waals surface area contributed by atoms with Crippen molar-refractivity contribution in [3.05, 3.63) is 19.1 Å².